The van der Waals surface area contributed by atoms with E-state index in [-0.39, 0.29) is 19.1 Å². The minimum absolute atomic E-state index is 0.00788. The molecular formula is C26H22FNO3. The Bertz CT molecular complexity index is 1120. The highest BCUT2D eigenvalue weighted by Crippen LogP contribution is 2.44. The van der Waals surface area contributed by atoms with Crippen LogP contribution in [0, 0.1) is 17.7 Å². The fourth-order valence-corrected chi connectivity index (χ4v) is 3.80. The Morgan fingerprint density at radius 2 is 1.71 bits per heavy atom. The van der Waals surface area contributed by atoms with Crippen molar-refractivity contribution in [3.8, 4) is 28.7 Å². The summed E-state index contributed by atoms with van der Waals surface area (Å²) in [7, 11) is 0. The average molecular weight is 415 g/mol. The lowest BCUT2D eigenvalue weighted by Gasteiger charge is -2.14. The molecule has 0 saturated carbocycles. The molecule has 1 aliphatic carbocycles. The van der Waals surface area contributed by atoms with E-state index in [1.165, 1.54) is 23.3 Å². The Balaban J connectivity index is 1.34. The number of halogens is 1. The van der Waals surface area contributed by atoms with Crippen LogP contribution in [-0.2, 0) is 4.74 Å². The largest absolute Gasteiger partial charge is 0.494 e. The van der Waals surface area contributed by atoms with Gasteiger partial charge in [0.2, 0.25) is 0 Å². The van der Waals surface area contributed by atoms with Crippen LogP contribution in [0.5, 0.6) is 5.75 Å². The highest BCUT2D eigenvalue weighted by molar-refractivity contribution is 5.79. The number of benzene rings is 3. The maximum Gasteiger partial charge on any atom is 0.407 e. The van der Waals surface area contributed by atoms with Gasteiger partial charge in [0.05, 0.1) is 13.2 Å². The fraction of sp³-hybridized carbons (Fsp3) is 0.192. The standard InChI is InChI=1S/C26H22FNO3/c1-2-30-20-15-18(14-19(27)16-20)8-7-13-28-26(29)31-17-25-23-11-5-3-9-21(23)22-10-4-6-12-24(22)25/h3-6,9-12,14-16,25H,2,13,17H2,1H3,(H,28,29). The highest BCUT2D eigenvalue weighted by Gasteiger charge is 2.28. The lowest BCUT2D eigenvalue weighted by molar-refractivity contribution is 0.144. The summed E-state index contributed by atoms with van der Waals surface area (Å²) in [5, 5.41) is 2.62. The first-order chi connectivity index (χ1) is 15.2. The number of hydrogen-bond acceptors (Lipinski definition) is 3. The summed E-state index contributed by atoms with van der Waals surface area (Å²) in [5.74, 6) is 5.64. The van der Waals surface area contributed by atoms with E-state index in [2.05, 4.69) is 41.4 Å². The van der Waals surface area contributed by atoms with Crippen LogP contribution in [0.3, 0.4) is 0 Å². The molecule has 1 aliphatic rings. The quantitative estimate of drug-likeness (QED) is 0.589. The molecule has 0 aliphatic heterocycles. The van der Waals surface area contributed by atoms with Gasteiger partial charge in [-0.15, -0.1) is 0 Å². The lowest BCUT2D eigenvalue weighted by Crippen LogP contribution is -2.26. The van der Waals surface area contributed by atoms with E-state index in [0.717, 1.165) is 11.1 Å². The van der Waals surface area contributed by atoms with Crippen molar-refractivity contribution in [1.29, 1.82) is 0 Å². The first-order valence-electron chi connectivity index (χ1n) is 10.2. The van der Waals surface area contributed by atoms with E-state index in [4.69, 9.17) is 9.47 Å². The second-order valence-electron chi connectivity index (χ2n) is 7.09. The van der Waals surface area contributed by atoms with Gasteiger partial charge in [-0.1, -0.05) is 60.4 Å². The Labute approximate surface area is 181 Å². The van der Waals surface area contributed by atoms with Crippen LogP contribution in [0.2, 0.25) is 0 Å². The smallest absolute Gasteiger partial charge is 0.407 e. The van der Waals surface area contributed by atoms with Gasteiger partial charge in [0.25, 0.3) is 0 Å². The number of carbonyl (C=O) groups excluding carboxylic acids is 1. The van der Waals surface area contributed by atoms with Crippen LogP contribution in [0.4, 0.5) is 9.18 Å². The molecule has 0 atom stereocenters. The molecule has 156 valence electrons. The van der Waals surface area contributed by atoms with Crippen molar-refractivity contribution in [2.24, 2.45) is 0 Å². The number of alkyl carbamates (subject to hydrolysis) is 1. The monoisotopic (exact) mass is 415 g/mol. The van der Waals surface area contributed by atoms with E-state index in [0.29, 0.717) is 17.9 Å². The third kappa shape index (κ3) is 4.70. The van der Waals surface area contributed by atoms with E-state index in [1.807, 2.05) is 31.2 Å². The molecule has 4 rings (SSSR count). The minimum atomic E-state index is -0.537. The molecule has 4 nitrogen and oxygen atoms in total. The Kier molecular flexibility index (Phi) is 6.18. The van der Waals surface area contributed by atoms with Crippen LogP contribution in [0.25, 0.3) is 11.1 Å². The van der Waals surface area contributed by atoms with E-state index in [1.54, 1.807) is 6.07 Å². The van der Waals surface area contributed by atoms with E-state index >= 15 is 0 Å². The van der Waals surface area contributed by atoms with Gasteiger partial charge in [-0.3, -0.25) is 0 Å². The number of ether oxygens (including phenoxy) is 2. The van der Waals surface area contributed by atoms with Gasteiger partial charge in [-0.05, 0) is 41.3 Å². The van der Waals surface area contributed by atoms with Gasteiger partial charge in [-0.25, -0.2) is 9.18 Å². The molecule has 0 heterocycles. The van der Waals surface area contributed by atoms with Crippen LogP contribution < -0.4 is 10.1 Å². The lowest BCUT2D eigenvalue weighted by atomic mass is 9.98. The Morgan fingerprint density at radius 1 is 1.03 bits per heavy atom. The van der Waals surface area contributed by atoms with Gasteiger partial charge >= 0.3 is 6.09 Å². The second kappa shape index (κ2) is 9.36. The van der Waals surface area contributed by atoms with Crippen molar-refractivity contribution < 1.29 is 18.7 Å². The third-order valence-corrected chi connectivity index (χ3v) is 5.08. The Morgan fingerprint density at radius 3 is 2.39 bits per heavy atom. The summed E-state index contributed by atoms with van der Waals surface area (Å²) in [4.78, 5) is 12.1. The molecule has 3 aromatic rings. The van der Waals surface area contributed by atoms with Gasteiger partial charge in [-0.2, -0.15) is 0 Å². The summed E-state index contributed by atoms with van der Waals surface area (Å²) in [6, 6.07) is 20.6. The van der Waals surface area contributed by atoms with Gasteiger partial charge in [0.1, 0.15) is 18.2 Å². The molecule has 0 spiro atoms. The van der Waals surface area contributed by atoms with Crippen molar-refractivity contribution in [3.63, 3.8) is 0 Å². The summed E-state index contributed by atoms with van der Waals surface area (Å²) in [5.41, 5.74) is 5.16. The third-order valence-electron chi connectivity index (χ3n) is 5.08. The first kappa shape index (κ1) is 20.5. The Hall–Kier alpha value is -3.78. The van der Waals surface area contributed by atoms with Crippen molar-refractivity contribution in [3.05, 3.63) is 89.2 Å². The molecule has 0 aromatic heterocycles. The zero-order chi connectivity index (χ0) is 21.6. The molecule has 1 amide bonds. The molecule has 0 radical (unpaired) electrons. The zero-order valence-corrected chi connectivity index (χ0v) is 17.2. The number of fused-ring (bicyclic) bond motifs is 3. The number of amides is 1. The van der Waals surface area contributed by atoms with Crippen molar-refractivity contribution in [2.75, 3.05) is 19.8 Å². The van der Waals surface area contributed by atoms with Crippen molar-refractivity contribution in [2.45, 2.75) is 12.8 Å². The highest BCUT2D eigenvalue weighted by atomic mass is 19.1. The van der Waals surface area contributed by atoms with Crippen LogP contribution in [-0.4, -0.2) is 25.9 Å². The molecule has 0 unspecified atom stereocenters. The summed E-state index contributed by atoms with van der Waals surface area (Å²) >= 11 is 0. The number of nitrogens with one attached hydrogen (secondary N) is 1. The molecule has 0 saturated heterocycles. The predicted molar refractivity (Wildman–Crippen MR) is 118 cm³/mol. The molecule has 1 N–H and O–H groups in total. The molecule has 3 aromatic carbocycles. The van der Waals surface area contributed by atoms with E-state index < -0.39 is 11.9 Å². The maximum atomic E-state index is 13.6. The summed E-state index contributed by atoms with van der Waals surface area (Å²) < 4.78 is 24.4. The molecular weight excluding hydrogens is 393 g/mol. The average Bonchev–Trinajstić information content (AvgIpc) is 3.09. The maximum absolute atomic E-state index is 13.6. The van der Waals surface area contributed by atoms with Crippen molar-refractivity contribution in [1.82, 2.24) is 5.32 Å². The molecule has 0 bridgehead atoms. The number of carbonyl (C=O) groups is 1. The fourth-order valence-electron chi connectivity index (χ4n) is 3.80. The second-order valence-corrected chi connectivity index (χ2v) is 7.09. The zero-order valence-electron chi connectivity index (χ0n) is 17.2. The first-order valence-corrected chi connectivity index (χ1v) is 10.2. The van der Waals surface area contributed by atoms with Crippen LogP contribution >= 0.6 is 0 Å². The van der Waals surface area contributed by atoms with Gasteiger partial charge in [0.15, 0.2) is 0 Å². The minimum Gasteiger partial charge on any atom is -0.494 e. The van der Waals surface area contributed by atoms with Crippen LogP contribution in [0.15, 0.2) is 66.7 Å². The van der Waals surface area contributed by atoms with Crippen LogP contribution in [0.1, 0.15) is 29.5 Å². The molecule has 5 heteroatoms. The normalized spacial score (nSPS) is 11.7. The summed E-state index contributed by atoms with van der Waals surface area (Å²) in [6.07, 6.45) is -0.537. The van der Waals surface area contributed by atoms with Gasteiger partial charge in [0, 0.05) is 17.5 Å². The SMILES string of the molecule is CCOc1cc(F)cc(C#CCNC(=O)OCC2c3ccccc3-c3ccccc32)c1. The molecule has 0 fully saturated rings. The van der Waals surface area contributed by atoms with Crippen molar-refractivity contribution >= 4 is 6.09 Å². The van der Waals surface area contributed by atoms with Gasteiger partial charge < -0.3 is 14.8 Å². The predicted octanol–water partition coefficient (Wildman–Crippen LogP) is 5.11. The van der Waals surface area contributed by atoms with E-state index in [9.17, 15) is 9.18 Å². The topological polar surface area (TPSA) is 47.6 Å². The summed E-state index contributed by atoms with van der Waals surface area (Å²) in [6.45, 7) is 2.61. The number of rotatable bonds is 5. The molecule has 31 heavy (non-hydrogen) atoms. The number of hydrogen-bond donors (Lipinski definition) is 1.